The van der Waals surface area contributed by atoms with E-state index in [0.717, 1.165) is 4.47 Å². The van der Waals surface area contributed by atoms with E-state index in [1.807, 2.05) is 6.07 Å². The van der Waals surface area contributed by atoms with Crippen molar-refractivity contribution in [3.63, 3.8) is 0 Å². The number of ketones is 1. The molecule has 2 aromatic carbocycles. The average molecular weight is 503 g/mol. The highest BCUT2D eigenvalue weighted by Crippen LogP contribution is 2.44. The fraction of sp³-hybridized carbons (Fsp3) is 0.130. The summed E-state index contributed by atoms with van der Waals surface area (Å²) in [6.45, 7) is 1.76. The number of carbonyl (C=O) groups excluding carboxylic acids is 2. The van der Waals surface area contributed by atoms with Crippen LogP contribution in [0.25, 0.3) is 5.76 Å². The summed E-state index contributed by atoms with van der Waals surface area (Å²) in [6, 6.07) is 14.1. The van der Waals surface area contributed by atoms with Crippen molar-refractivity contribution in [2.24, 2.45) is 0 Å². The van der Waals surface area contributed by atoms with Crippen molar-refractivity contribution in [1.29, 1.82) is 0 Å². The van der Waals surface area contributed by atoms with Gasteiger partial charge in [-0.2, -0.15) is 0 Å². The maximum absolute atomic E-state index is 13.1. The molecule has 1 atom stereocenters. The van der Waals surface area contributed by atoms with Crippen molar-refractivity contribution in [2.75, 3.05) is 12.0 Å². The third-order valence-electron chi connectivity index (χ3n) is 4.99. The molecule has 2 heterocycles. The Labute approximate surface area is 191 Å². The Balaban J connectivity index is 1.97. The minimum atomic E-state index is -0.967. The normalized spacial score (nSPS) is 17.9. The molecule has 0 saturated carbocycles. The first-order valence-electron chi connectivity index (χ1n) is 9.28. The third kappa shape index (κ3) is 3.75. The molecule has 0 bridgehead atoms. The van der Waals surface area contributed by atoms with Gasteiger partial charge in [0.25, 0.3) is 11.7 Å². The Hall–Kier alpha value is -3.03. The van der Waals surface area contributed by atoms with Crippen LogP contribution in [0.3, 0.4) is 0 Å². The molecule has 1 aliphatic rings. The SMILES string of the molecule is COc1ccc(Cl)c(/C(O)=C2/C(=O)C(=O)N(c3cccc(Br)c3)C2c2ccc(C)o2)c1. The number of halogens is 2. The van der Waals surface area contributed by atoms with Crippen molar-refractivity contribution in [3.05, 3.63) is 86.7 Å². The summed E-state index contributed by atoms with van der Waals surface area (Å²) in [5.41, 5.74) is 0.544. The Kier molecular flexibility index (Phi) is 5.64. The Bertz CT molecular complexity index is 1230. The van der Waals surface area contributed by atoms with Crippen molar-refractivity contribution in [1.82, 2.24) is 0 Å². The number of hydrogen-bond donors (Lipinski definition) is 1. The standard InChI is InChI=1S/C23H17BrClNO5/c1-12-6-9-18(31-12)20-19(21(27)16-11-15(30-2)7-8-17(16)25)22(28)23(29)26(20)14-5-3-4-13(24)10-14/h3-11,20,27H,1-2H3/b21-19-. The summed E-state index contributed by atoms with van der Waals surface area (Å²) in [4.78, 5) is 27.5. The number of Topliss-reactive ketones (excluding diaryl/α,β-unsaturated/α-hetero) is 1. The molecule has 1 unspecified atom stereocenters. The number of carbonyl (C=O) groups is 2. The van der Waals surface area contributed by atoms with E-state index in [1.54, 1.807) is 49.4 Å². The molecular weight excluding hydrogens is 486 g/mol. The van der Waals surface area contributed by atoms with Crippen molar-refractivity contribution in [2.45, 2.75) is 13.0 Å². The van der Waals surface area contributed by atoms with Crippen LogP contribution in [-0.4, -0.2) is 23.9 Å². The zero-order valence-electron chi connectivity index (χ0n) is 16.6. The third-order valence-corrected chi connectivity index (χ3v) is 5.81. The lowest BCUT2D eigenvalue weighted by Crippen LogP contribution is -2.29. The molecule has 1 aromatic heterocycles. The molecule has 0 spiro atoms. The maximum atomic E-state index is 13.1. The lowest BCUT2D eigenvalue weighted by atomic mass is 9.99. The van der Waals surface area contributed by atoms with Gasteiger partial charge in [-0.3, -0.25) is 14.5 Å². The molecule has 1 saturated heterocycles. The summed E-state index contributed by atoms with van der Waals surface area (Å²) >= 11 is 9.69. The summed E-state index contributed by atoms with van der Waals surface area (Å²) < 4.78 is 11.7. The molecule has 8 heteroatoms. The molecule has 3 aromatic rings. The summed E-state index contributed by atoms with van der Waals surface area (Å²) in [7, 11) is 1.48. The summed E-state index contributed by atoms with van der Waals surface area (Å²) in [6.07, 6.45) is 0. The largest absolute Gasteiger partial charge is 0.507 e. The molecular formula is C23H17BrClNO5. The minimum Gasteiger partial charge on any atom is -0.507 e. The number of aliphatic hydroxyl groups is 1. The fourth-order valence-electron chi connectivity index (χ4n) is 3.55. The van der Waals surface area contributed by atoms with Crippen LogP contribution in [0.4, 0.5) is 5.69 Å². The van der Waals surface area contributed by atoms with E-state index >= 15 is 0 Å². The maximum Gasteiger partial charge on any atom is 0.300 e. The van der Waals surface area contributed by atoms with E-state index < -0.39 is 23.5 Å². The monoisotopic (exact) mass is 501 g/mol. The number of aryl methyl sites for hydroxylation is 1. The summed E-state index contributed by atoms with van der Waals surface area (Å²) in [5, 5.41) is 11.4. The van der Waals surface area contributed by atoms with Gasteiger partial charge in [0.05, 0.1) is 17.7 Å². The van der Waals surface area contributed by atoms with Crippen molar-refractivity contribution < 1.29 is 23.8 Å². The van der Waals surface area contributed by atoms with E-state index in [4.69, 9.17) is 20.8 Å². The van der Waals surface area contributed by atoms with E-state index in [9.17, 15) is 14.7 Å². The van der Waals surface area contributed by atoms with Crippen LogP contribution in [0.5, 0.6) is 5.75 Å². The number of hydrogen-bond acceptors (Lipinski definition) is 5. The quantitative estimate of drug-likeness (QED) is 0.284. The topological polar surface area (TPSA) is 80.0 Å². The van der Waals surface area contributed by atoms with E-state index in [-0.39, 0.29) is 16.2 Å². The first-order chi connectivity index (χ1) is 14.8. The minimum absolute atomic E-state index is 0.116. The van der Waals surface area contributed by atoms with Gasteiger partial charge in [-0.05, 0) is 55.5 Å². The first kappa shape index (κ1) is 21.2. The van der Waals surface area contributed by atoms with E-state index in [2.05, 4.69) is 15.9 Å². The zero-order chi connectivity index (χ0) is 22.3. The van der Waals surface area contributed by atoms with Gasteiger partial charge in [0.2, 0.25) is 0 Å². The van der Waals surface area contributed by atoms with Crippen LogP contribution < -0.4 is 9.64 Å². The van der Waals surface area contributed by atoms with Gasteiger partial charge < -0.3 is 14.3 Å². The molecule has 158 valence electrons. The van der Waals surface area contributed by atoms with Crippen LogP contribution in [0.1, 0.15) is 23.1 Å². The van der Waals surface area contributed by atoms with Crippen LogP contribution in [0.2, 0.25) is 5.02 Å². The van der Waals surface area contributed by atoms with Gasteiger partial charge in [-0.1, -0.05) is 33.6 Å². The Morgan fingerprint density at radius 1 is 1.16 bits per heavy atom. The smallest absolute Gasteiger partial charge is 0.300 e. The lowest BCUT2D eigenvalue weighted by molar-refractivity contribution is -0.132. The summed E-state index contributed by atoms with van der Waals surface area (Å²) in [5.74, 6) is -0.629. The molecule has 1 N–H and O–H groups in total. The van der Waals surface area contributed by atoms with Crippen LogP contribution in [-0.2, 0) is 9.59 Å². The number of ether oxygens (including phenoxy) is 1. The Morgan fingerprint density at radius 3 is 2.58 bits per heavy atom. The average Bonchev–Trinajstić information content (AvgIpc) is 3.29. The second-order valence-electron chi connectivity index (χ2n) is 6.94. The number of benzene rings is 2. The first-order valence-corrected chi connectivity index (χ1v) is 10.5. The van der Waals surface area contributed by atoms with Crippen LogP contribution in [0, 0.1) is 6.92 Å². The molecule has 0 radical (unpaired) electrons. The molecule has 4 rings (SSSR count). The van der Waals surface area contributed by atoms with E-state index in [0.29, 0.717) is 23.0 Å². The number of methoxy groups -OCH3 is 1. The lowest BCUT2D eigenvalue weighted by Gasteiger charge is -2.23. The fourth-order valence-corrected chi connectivity index (χ4v) is 4.15. The highest BCUT2D eigenvalue weighted by molar-refractivity contribution is 9.10. The highest BCUT2D eigenvalue weighted by Gasteiger charge is 2.48. The number of nitrogens with zero attached hydrogens (tertiary/aromatic N) is 1. The van der Waals surface area contributed by atoms with Gasteiger partial charge in [0.1, 0.15) is 29.1 Å². The number of rotatable bonds is 4. The van der Waals surface area contributed by atoms with Crippen molar-refractivity contribution >= 4 is 50.7 Å². The van der Waals surface area contributed by atoms with Gasteiger partial charge in [0.15, 0.2) is 0 Å². The van der Waals surface area contributed by atoms with Crippen LogP contribution in [0.15, 0.2) is 69.1 Å². The van der Waals surface area contributed by atoms with E-state index in [1.165, 1.54) is 18.1 Å². The number of anilines is 1. The molecule has 1 amide bonds. The highest BCUT2D eigenvalue weighted by atomic mass is 79.9. The zero-order valence-corrected chi connectivity index (χ0v) is 18.9. The molecule has 1 fully saturated rings. The number of amides is 1. The van der Waals surface area contributed by atoms with Gasteiger partial charge in [-0.15, -0.1) is 0 Å². The number of furan rings is 1. The number of aliphatic hydroxyl groups excluding tert-OH is 1. The van der Waals surface area contributed by atoms with Gasteiger partial charge >= 0.3 is 0 Å². The predicted molar refractivity (Wildman–Crippen MR) is 120 cm³/mol. The van der Waals surface area contributed by atoms with Crippen LogP contribution >= 0.6 is 27.5 Å². The van der Waals surface area contributed by atoms with Gasteiger partial charge in [-0.25, -0.2) is 0 Å². The molecule has 0 aliphatic carbocycles. The molecule has 31 heavy (non-hydrogen) atoms. The second kappa shape index (κ2) is 8.24. The molecule has 6 nitrogen and oxygen atoms in total. The van der Waals surface area contributed by atoms with Crippen molar-refractivity contribution in [3.8, 4) is 5.75 Å². The Morgan fingerprint density at radius 2 is 1.94 bits per heavy atom. The predicted octanol–water partition coefficient (Wildman–Crippen LogP) is 5.64. The van der Waals surface area contributed by atoms with Gasteiger partial charge in [0, 0.05) is 15.7 Å². The second-order valence-corrected chi connectivity index (χ2v) is 8.27. The molecule has 1 aliphatic heterocycles.